The Balaban J connectivity index is 2.14. The van der Waals surface area contributed by atoms with Gasteiger partial charge in [-0.3, -0.25) is 0 Å². The van der Waals surface area contributed by atoms with E-state index in [1.807, 2.05) is 29.0 Å². The highest BCUT2D eigenvalue weighted by Crippen LogP contribution is 2.57. The molecule has 2 heterocycles. The summed E-state index contributed by atoms with van der Waals surface area (Å²) in [5, 5.41) is 4.34. The van der Waals surface area contributed by atoms with Crippen LogP contribution in [-0.4, -0.2) is 15.7 Å². The minimum Gasteiger partial charge on any atom is -0.327 e. The number of nitrogens with zero attached hydrogens (tertiary/aromatic N) is 2. The SMILES string of the molecule is CC1(C)[C@@H](N)[C@@H]1c1cnn2ccccc12. The zero-order valence-electron chi connectivity index (χ0n) is 9.01. The van der Waals surface area contributed by atoms with Crippen LogP contribution in [0.5, 0.6) is 0 Å². The summed E-state index contributed by atoms with van der Waals surface area (Å²) in [5.74, 6) is 0.456. The Hall–Kier alpha value is -1.35. The molecule has 1 aliphatic rings. The molecule has 0 bridgehead atoms. The van der Waals surface area contributed by atoms with Crippen molar-refractivity contribution in [3.8, 4) is 0 Å². The summed E-state index contributed by atoms with van der Waals surface area (Å²) >= 11 is 0. The molecule has 1 fully saturated rings. The lowest BCUT2D eigenvalue weighted by Gasteiger charge is -2.00. The minimum atomic E-state index is 0.222. The summed E-state index contributed by atoms with van der Waals surface area (Å²) < 4.78 is 1.91. The van der Waals surface area contributed by atoms with Gasteiger partial charge < -0.3 is 5.73 Å². The molecular weight excluding hydrogens is 186 g/mol. The van der Waals surface area contributed by atoms with Crippen molar-refractivity contribution in [1.29, 1.82) is 0 Å². The van der Waals surface area contributed by atoms with E-state index < -0.39 is 0 Å². The van der Waals surface area contributed by atoms with Gasteiger partial charge in [-0.15, -0.1) is 0 Å². The molecule has 0 spiro atoms. The summed E-state index contributed by atoms with van der Waals surface area (Å²) in [6, 6.07) is 6.40. The Labute approximate surface area is 88.9 Å². The average Bonchev–Trinajstić information content (AvgIpc) is 2.63. The molecule has 2 N–H and O–H groups in total. The van der Waals surface area contributed by atoms with Crippen LogP contribution >= 0.6 is 0 Å². The molecule has 78 valence electrons. The molecule has 2 aromatic rings. The summed E-state index contributed by atoms with van der Waals surface area (Å²) in [4.78, 5) is 0. The van der Waals surface area contributed by atoms with Gasteiger partial charge in [0.2, 0.25) is 0 Å². The van der Waals surface area contributed by atoms with Crippen LogP contribution in [0.2, 0.25) is 0 Å². The molecular formula is C12H15N3. The van der Waals surface area contributed by atoms with Crippen LogP contribution in [-0.2, 0) is 0 Å². The van der Waals surface area contributed by atoms with Gasteiger partial charge in [0.25, 0.3) is 0 Å². The number of hydrogen-bond acceptors (Lipinski definition) is 2. The highest BCUT2D eigenvalue weighted by Gasteiger charge is 2.57. The zero-order chi connectivity index (χ0) is 10.6. The van der Waals surface area contributed by atoms with Crippen molar-refractivity contribution in [2.45, 2.75) is 25.8 Å². The summed E-state index contributed by atoms with van der Waals surface area (Å²) in [5.41, 5.74) is 8.78. The van der Waals surface area contributed by atoms with Gasteiger partial charge in [-0.2, -0.15) is 5.10 Å². The Morgan fingerprint density at radius 1 is 1.40 bits per heavy atom. The zero-order valence-corrected chi connectivity index (χ0v) is 9.01. The van der Waals surface area contributed by atoms with Crippen molar-refractivity contribution < 1.29 is 0 Å². The standard InChI is InChI=1S/C12H15N3/c1-12(2)10(11(12)13)8-7-14-15-6-4-3-5-9(8)15/h3-7,10-11H,13H2,1-2H3/t10-,11-/m0/s1. The van der Waals surface area contributed by atoms with E-state index in [0.717, 1.165) is 0 Å². The predicted molar refractivity (Wildman–Crippen MR) is 59.7 cm³/mol. The Kier molecular flexibility index (Phi) is 1.55. The molecule has 0 saturated heterocycles. The molecule has 2 atom stereocenters. The van der Waals surface area contributed by atoms with Crippen molar-refractivity contribution >= 4 is 5.52 Å². The summed E-state index contributed by atoms with van der Waals surface area (Å²) in [7, 11) is 0. The van der Waals surface area contributed by atoms with E-state index in [1.165, 1.54) is 11.1 Å². The lowest BCUT2D eigenvalue weighted by Crippen LogP contribution is -2.06. The van der Waals surface area contributed by atoms with E-state index in [9.17, 15) is 0 Å². The number of rotatable bonds is 1. The normalized spacial score (nSPS) is 28.2. The van der Waals surface area contributed by atoms with Crippen LogP contribution in [0.1, 0.15) is 25.3 Å². The molecule has 0 amide bonds. The molecule has 15 heavy (non-hydrogen) atoms. The van der Waals surface area contributed by atoms with E-state index in [1.54, 1.807) is 0 Å². The maximum absolute atomic E-state index is 6.09. The first kappa shape index (κ1) is 8.92. The Morgan fingerprint density at radius 2 is 2.13 bits per heavy atom. The number of fused-ring (bicyclic) bond motifs is 1. The molecule has 0 aromatic carbocycles. The molecule has 0 radical (unpaired) electrons. The quantitative estimate of drug-likeness (QED) is 0.764. The Bertz CT molecular complexity index is 512. The fourth-order valence-electron chi connectivity index (χ4n) is 2.47. The van der Waals surface area contributed by atoms with Gasteiger partial charge in [0.05, 0.1) is 11.7 Å². The lowest BCUT2D eigenvalue weighted by molar-refractivity contribution is 0.600. The topological polar surface area (TPSA) is 43.3 Å². The molecule has 0 unspecified atom stereocenters. The second-order valence-corrected chi connectivity index (χ2v) is 4.96. The predicted octanol–water partition coefficient (Wildman–Crippen LogP) is 1.78. The van der Waals surface area contributed by atoms with Crippen LogP contribution in [0.15, 0.2) is 30.6 Å². The van der Waals surface area contributed by atoms with E-state index in [0.29, 0.717) is 5.92 Å². The van der Waals surface area contributed by atoms with E-state index in [4.69, 9.17) is 5.73 Å². The van der Waals surface area contributed by atoms with Crippen LogP contribution in [0.25, 0.3) is 5.52 Å². The van der Waals surface area contributed by atoms with Crippen LogP contribution in [0, 0.1) is 5.41 Å². The maximum Gasteiger partial charge on any atom is 0.0697 e. The largest absolute Gasteiger partial charge is 0.327 e. The first-order valence-corrected chi connectivity index (χ1v) is 5.30. The molecule has 3 heteroatoms. The van der Waals surface area contributed by atoms with Crippen molar-refractivity contribution in [3.63, 3.8) is 0 Å². The van der Waals surface area contributed by atoms with Crippen molar-refractivity contribution in [2.24, 2.45) is 11.1 Å². The summed E-state index contributed by atoms with van der Waals surface area (Å²) in [6.07, 6.45) is 3.92. The van der Waals surface area contributed by atoms with Gasteiger partial charge in [0.15, 0.2) is 0 Å². The third-order valence-electron chi connectivity index (χ3n) is 3.70. The van der Waals surface area contributed by atoms with Gasteiger partial charge in [-0.1, -0.05) is 19.9 Å². The van der Waals surface area contributed by atoms with Crippen LogP contribution in [0.4, 0.5) is 0 Å². The highest BCUT2D eigenvalue weighted by atomic mass is 15.2. The van der Waals surface area contributed by atoms with E-state index >= 15 is 0 Å². The third-order valence-corrected chi connectivity index (χ3v) is 3.70. The fourth-order valence-corrected chi connectivity index (χ4v) is 2.47. The second-order valence-electron chi connectivity index (χ2n) is 4.96. The second kappa shape index (κ2) is 2.61. The number of aromatic nitrogens is 2. The highest BCUT2D eigenvalue weighted by molar-refractivity contribution is 5.58. The van der Waals surface area contributed by atoms with Crippen molar-refractivity contribution in [2.75, 3.05) is 0 Å². The fraction of sp³-hybridized carbons (Fsp3) is 0.417. The number of hydrogen-bond donors (Lipinski definition) is 1. The van der Waals surface area contributed by atoms with Gasteiger partial charge >= 0.3 is 0 Å². The van der Waals surface area contributed by atoms with E-state index in [-0.39, 0.29) is 11.5 Å². The lowest BCUT2D eigenvalue weighted by atomic mass is 10.0. The Morgan fingerprint density at radius 3 is 2.80 bits per heavy atom. The molecule has 3 nitrogen and oxygen atoms in total. The van der Waals surface area contributed by atoms with Gasteiger partial charge in [-0.25, -0.2) is 4.52 Å². The van der Waals surface area contributed by atoms with Gasteiger partial charge in [-0.05, 0) is 17.5 Å². The first-order valence-electron chi connectivity index (χ1n) is 5.30. The molecule has 2 aromatic heterocycles. The van der Waals surface area contributed by atoms with Crippen LogP contribution < -0.4 is 5.73 Å². The van der Waals surface area contributed by atoms with Crippen molar-refractivity contribution in [1.82, 2.24) is 9.61 Å². The third kappa shape index (κ3) is 1.07. The molecule has 0 aliphatic heterocycles. The first-order chi connectivity index (χ1) is 7.12. The average molecular weight is 201 g/mol. The molecule has 1 saturated carbocycles. The van der Waals surface area contributed by atoms with Gasteiger partial charge in [0.1, 0.15) is 0 Å². The monoisotopic (exact) mass is 201 g/mol. The van der Waals surface area contributed by atoms with E-state index in [2.05, 4.69) is 25.0 Å². The molecule has 3 rings (SSSR count). The minimum absolute atomic E-state index is 0.222. The smallest absolute Gasteiger partial charge is 0.0697 e. The number of nitrogens with two attached hydrogens (primary N) is 1. The molecule has 1 aliphatic carbocycles. The summed E-state index contributed by atoms with van der Waals surface area (Å²) in [6.45, 7) is 4.43. The van der Waals surface area contributed by atoms with Crippen molar-refractivity contribution in [3.05, 3.63) is 36.2 Å². The maximum atomic E-state index is 6.09. The number of pyridine rings is 1. The van der Waals surface area contributed by atoms with Crippen LogP contribution in [0.3, 0.4) is 0 Å². The van der Waals surface area contributed by atoms with Gasteiger partial charge in [0, 0.05) is 23.7 Å².